The number of imidazole rings is 1. The SMILES string of the molecule is CC(C)C[C@H]1c2sccc2-c2cncn21. The maximum Gasteiger partial charge on any atom is 0.0957 e. The Balaban J connectivity index is 2.10. The molecule has 0 aromatic carbocycles. The summed E-state index contributed by atoms with van der Waals surface area (Å²) < 4.78 is 2.32. The molecule has 0 radical (unpaired) electrons. The van der Waals surface area contributed by atoms with Crippen LogP contribution in [0.25, 0.3) is 11.3 Å². The molecule has 78 valence electrons. The fourth-order valence-corrected chi connectivity index (χ4v) is 3.36. The van der Waals surface area contributed by atoms with Crippen LogP contribution in [-0.2, 0) is 0 Å². The van der Waals surface area contributed by atoms with E-state index in [4.69, 9.17) is 0 Å². The Hall–Kier alpha value is -1.09. The molecule has 0 bridgehead atoms. The fourth-order valence-electron chi connectivity index (χ4n) is 2.35. The van der Waals surface area contributed by atoms with Gasteiger partial charge in [-0.15, -0.1) is 11.3 Å². The highest BCUT2D eigenvalue weighted by Gasteiger charge is 2.29. The van der Waals surface area contributed by atoms with Gasteiger partial charge < -0.3 is 4.57 Å². The summed E-state index contributed by atoms with van der Waals surface area (Å²) in [6.07, 6.45) is 5.15. The van der Waals surface area contributed by atoms with Gasteiger partial charge in [0.05, 0.1) is 24.3 Å². The molecule has 1 atom stereocenters. The summed E-state index contributed by atoms with van der Waals surface area (Å²) in [5.74, 6) is 0.721. The molecule has 0 aliphatic carbocycles. The summed E-state index contributed by atoms with van der Waals surface area (Å²) in [7, 11) is 0. The van der Waals surface area contributed by atoms with Crippen LogP contribution in [0.15, 0.2) is 24.0 Å². The lowest BCUT2D eigenvalue weighted by molar-refractivity contribution is 0.469. The van der Waals surface area contributed by atoms with Crippen LogP contribution in [0.5, 0.6) is 0 Å². The van der Waals surface area contributed by atoms with Crippen molar-refractivity contribution in [3.05, 3.63) is 28.8 Å². The van der Waals surface area contributed by atoms with Gasteiger partial charge in [0.1, 0.15) is 0 Å². The number of thiophene rings is 1. The van der Waals surface area contributed by atoms with E-state index in [1.165, 1.54) is 22.6 Å². The molecule has 3 heterocycles. The summed E-state index contributed by atoms with van der Waals surface area (Å²) >= 11 is 1.87. The van der Waals surface area contributed by atoms with Crippen molar-refractivity contribution in [1.82, 2.24) is 9.55 Å². The molecule has 2 aromatic heterocycles. The number of hydrogen-bond acceptors (Lipinski definition) is 2. The Bertz CT molecular complexity index is 441. The van der Waals surface area contributed by atoms with Gasteiger partial charge in [0, 0.05) is 10.4 Å². The van der Waals surface area contributed by atoms with E-state index >= 15 is 0 Å². The second-order valence-corrected chi connectivity index (χ2v) is 5.48. The molecule has 1 aliphatic rings. The van der Waals surface area contributed by atoms with Gasteiger partial charge in [0.15, 0.2) is 0 Å². The maximum absolute atomic E-state index is 4.25. The van der Waals surface area contributed by atoms with E-state index in [-0.39, 0.29) is 0 Å². The molecule has 1 aliphatic heterocycles. The molecule has 0 amide bonds. The molecule has 0 saturated heterocycles. The minimum atomic E-state index is 0.525. The van der Waals surface area contributed by atoms with Gasteiger partial charge in [0.25, 0.3) is 0 Å². The molecule has 2 nitrogen and oxygen atoms in total. The number of fused-ring (bicyclic) bond motifs is 3. The van der Waals surface area contributed by atoms with Crippen LogP contribution >= 0.6 is 11.3 Å². The standard InChI is InChI=1S/C12H14N2S/c1-8(2)5-10-12-9(3-4-15-12)11-6-13-7-14(10)11/h3-4,6-8,10H,5H2,1-2H3/t10-/m0/s1. The molecule has 0 fully saturated rings. The number of rotatable bonds is 2. The van der Waals surface area contributed by atoms with Crippen molar-refractivity contribution in [2.45, 2.75) is 26.3 Å². The third kappa shape index (κ3) is 1.26. The second kappa shape index (κ2) is 3.20. The largest absolute Gasteiger partial charge is 0.322 e. The molecule has 3 heteroatoms. The molecule has 0 unspecified atom stereocenters. The topological polar surface area (TPSA) is 17.8 Å². The van der Waals surface area contributed by atoms with Crippen LogP contribution in [0.4, 0.5) is 0 Å². The molecule has 0 spiro atoms. The Labute approximate surface area is 93.6 Å². The highest BCUT2D eigenvalue weighted by Crippen LogP contribution is 2.44. The number of hydrogen-bond donors (Lipinski definition) is 0. The van der Waals surface area contributed by atoms with Crippen molar-refractivity contribution in [3.8, 4) is 11.3 Å². The van der Waals surface area contributed by atoms with Gasteiger partial charge in [-0.25, -0.2) is 4.98 Å². The molecule has 2 aromatic rings. The summed E-state index contributed by atoms with van der Waals surface area (Å²) in [6.45, 7) is 4.56. The predicted octanol–water partition coefficient (Wildman–Crippen LogP) is 3.56. The molecular formula is C12H14N2S. The van der Waals surface area contributed by atoms with Crippen molar-refractivity contribution in [2.75, 3.05) is 0 Å². The normalized spacial score (nSPS) is 18.2. The average Bonchev–Trinajstić information content (AvgIpc) is 2.83. The van der Waals surface area contributed by atoms with Crippen LogP contribution in [0.2, 0.25) is 0 Å². The van der Waals surface area contributed by atoms with Gasteiger partial charge in [-0.2, -0.15) is 0 Å². The lowest BCUT2D eigenvalue weighted by atomic mass is 10.0. The van der Waals surface area contributed by atoms with E-state index in [2.05, 4.69) is 34.8 Å². The fraction of sp³-hybridized carbons (Fsp3) is 0.417. The third-order valence-electron chi connectivity index (χ3n) is 2.97. The van der Waals surface area contributed by atoms with Crippen molar-refractivity contribution in [1.29, 1.82) is 0 Å². The van der Waals surface area contributed by atoms with Crippen molar-refractivity contribution < 1.29 is 0 Å². The first-order valence-corrected chi connectivity index (χ1v) is 6.25. The second-order valence-electron chi connectivity index (χ2n) is 4.53. The Morgan fingerprint density at radius 2 is 2.40 bits per heavy atom. The zero-order valence-electron chi connectivity index (χ0n) is 8.97. The maximum atomic E-state index is 4.25. The molecule has 0 saturated carbocycles. The van der Waals surface area contributed by atoms with Crippen LogP contribution in [0.1, 0.15) is 31.2 Å². The highest BCUT2D eigenvalue weighted by molar-refractivity contribution is 7.10. The molecular weight excluding hydrogens is 204 g/mol. The number of nitrogens with zero attached hydrogens (tertiary/aromatic N) is 2. The predicted molar refractivity (Wildman–Crippen MR) is 63.1 cm³/mol. The summed E-state index contributed by atoms with van der Waals surface area (Å²) in [5.41, 5.74) is 2.68. The van der Waals surface area contributed by atoms with E-state index in [9.17, 15) is 0 Å². The smallest absolute Gasteiger partial charge is 0.0957 e. The first kappa shape index (κ1) is 9.16. The van der Waals surface area contributed by atoms with E-state index in [0.717, 1.165) is 5.92 Å². The monoisotopic (exact) mass is 218 g/mol. The first-order chi connectivity index (χ1) is 7.27. The Morgan fingerprint density at radius 1 is 1.53 bits per heavy atom. The van der Waals surface area contributed by atoms with Gasteiger partial charge in [-0.1, -0.05) is 13.8 Å². The highest BCUT2D eigenvalue weighted by atomic mass is 32.1. The zero-order chi connectivity index (χ0) is 10.4. The summed E-state index contributed by atoms with van der Waals surface area (Å²) in [6, 6.07) is 2.74. The Kier molecular flexibility index (Phi) is 1.96. The lowest BCUT2D eigenvalue weighted by Gasteiger charge is -2.15. The molecule has 3 rings (SSSR count). The average molecular weight is 218 g/mol. The van der Waals surface area contributed by atoms with Gasteiger partial charge in [-0.05, 0) is 23.8 Å². The third-order valence-corrected chi connectivity index (χ3v) is 3.99. The number of aromatic nitrogens is 2. The van der Waals surface area contributed by atoms with Crippen LogP contribution in [-0.4, -0.2) is 9.55 Å². The van der Waals surface area contributed by atoms with Gasteiger partial charge in [-0.3, -0.25) is 0 Å². The van der Waals surface area contributed by atoms with E-state index in [0.29, 0.717) is 6.04 Å². The summed E-state index contributed by atoms with van der Waals surface area (Å²) in [5, 5.41) is 2.19. The Morgan fingerprint density at radius 3 is 3.20 bits per heavy atom. The zero-order valence-corrected chi connectivity index (χ0v) is 9.79. The van der Waals surface area contributed by atoms with Gasteiger partial charge in [0.2, 0.25) is 0 Å². The van der Waals surface area contributed by atoms with Gasteiger partial charge >= 0.3 is 0 Å². The minimum absolute atomic E-state index is 0.525. The van der Waals surface area contributed by atoms with Crippen molar-refractivity contribution in [2.24, 2.45) is 5.92 Å². The van der Waals surface area contributed by atoms with Crippen LogP contribution in [0.3, 0.4) is 0 Å². The van der Waals surface area contributed by atoms with Crippen LogP contribution < -0.4 is 0 Å². The lowest BCUT2D eigenvalue weighted by Crippen LogP contribution is -2.07. The molecule has 15 heavy (non-hydrogen) atoms. The van der Waals surface area contributed by atoms with Crippen molar-refractivity contribution in [3.63, 3.8) is 0 Å². The van der Waals surface area contributed by atoms with E-state index in [1.807, 2.05) is 23.9 Å². The van der Waals surface area contributed by atoms with Crippen LogP contribution in [0, 0.1) is 5.92 Å². The summed E-state index contributed by atoms with van der Waals surface area (Å²) in [4.78, 5) is 5.76. The minimum Gasteiger partial charge on any atom is -0.322 e. The van der Waals surface area contributed by atoms with E-state index in [1.54, 1.807) is 0 Å². The molecule has 0 N–H and O–H groups in total. The first-order valence-electron chi connectivity index (χ1n) is 5.37. The van der Waals surface area contributed by atoms with E-state index < -0.39 is 0 Å². The quantitative estimate of drug-likeness (QED) is 0.753. The van der Waals surface area contributed by atoms with Crippen molar-refractivity contribution >= 4 is 11.3 Å².